The highest BCUT2D eigenvalue weighted by atomic mass is 16.5. The summed E-state index contributed by atoms with van der Waals surface area (Å²) in [6, 6.07) is 0. The van der Waals surface area contributed by atoms with Gasteiger partial charge in [-0.3, -0.25) is 0 Å². The van der Waals surface area contributed by atoms with Crippen molar-refractivity contribution in [2.24, 2.45) is 11.8 Å². The summed E-state index contributed by atoms with van der Waals surface area (Å²) in [5, 5.41) is 12.9. The second-order valence-electron chi connectivity index (χ2n) is 4.78. The normalized spacial score (nSPS) is 19.9. The van der Waals surface area contributed by atoms with Crippen molar-refractivity contribution in [2.45, 2.75) is 39.0 Å². The number of unbranched alkanes of at least 4 members (excludes halogenated alkanes) is 1. The lowest BCUT2D eigenvalue weighted by Gasteiger charge is -2.29. The Bertz CT molecular complexity index is 158. The van der Waals surface area contributed by atoms with Gasteiger partial charge in [-0.15, -0.1) is 0 Å². The van der Waals surface area contributed by atoms with Crippen molar-refractivity contribution in [2.75, 3.05) is 32.9 Å². The molecule has 1 atom stereocenters. The van der Waals surface area contributed by atoms with Crippen LogP contribution in [0, 0.1) is 11.8 Å². The van der Waals surface area contributed by atoms with E-state index in [4.69, 9.17) is 4.74 Å². The largest absolute Gasteiger partial charge is 0.396 e. The monoisotopic (exact) mass is 229 g/mol. The van der Waals surface area contributed by atoms with Crippen molar-refractivity contribution in [3.63, 3.8) is 0 Å². The van der Waals surface area contributed by atoms with Gasteiger partial charge in [0.2, 0.25) is 0 Å². The van der Waals surface area contributed by atoms with E-state index in [1.807, 2.05) is 0 Å². The summed E-state index contributed by atoms with van der Waals surface area (Å²) in [6.07, 6.45) is 5.85. The first-order chi connectivity index (χ1) is 7.88. The molecule has 0 aliphatic carbocycles. The third-order valence-corrected chi connectivity index (χ3v) is 3.57. The molecule has 2 N–H and O–H groups in total. The molecule has 1 saturated heterocycles. The Kier molecular flexibility index (Phi) is 7.81. The van der Waals surface area contributed by atoms with Gasteiger partial charge in [-0.05, 0) is 50.6 Å². The molecule has 1 fully saturated rings. The molecule has 0 spiro atoms. The van der Waals surface area contributed by atoms with Gasteiger partial charge in [-0.25, -0.2) is 0 Å². The Morgan fingerprint density at radius 2 is 2.06 bits per heavy atom. The Morgan fingerprint density at radius 1 is 1.31 bits per heavy atom. The fourth-order valence-electron chi connectivity index (χ4n) is 2.38. The van der Waals surface area contributed by atoms with Gasteiger partial charge in [-0.1, -0.05) is 13.3 Å². The summed E-state index contributed by atoms with van der Waals surface area (Å²) < 4.78 is 5.35. The number of nitrogens with one attached hydrogen (secondary N) is 1. The number of aliphatic hydroxyl groups is 1. The maximum absolute atomic E-state index is 9.41. The fourth-order valence-corrected chi connectivity index (χ4v) is 2.38. The van der Waals surface area contributed by atoms with Crippen LogP contribution in [0.5, 0.6) is 0 Å². The second-order valence-corrected chi connectivity index (χ2v) is 4.78. The van der Waals surface area contributed by atoms with Crippen LogP contribution < -0.4 is 5.32 Å². The molecule has 0 aromatic carbocycles. The first-order valence-corrected chi connectivity index (χ1v) is 6.77. The Balaban J connectivity index is 2.10. The molecule has 96 valence electrons. The lowest BCUT2D eigenvalue weighted by molar-refractivity contribution is 0.0312. The van der Waals surface area contributed by atoms with Gasteiger partial charge in [-0.2, -0.15) is 0 Å². The predicted molar refractivity (Wildman–Crippen MR) is 66.5 cm³/mol. The van der Waals surface area contributed by atoms with E-state index in [2.05, 4.69) is 12.2 Å². The molecule has 0 amide bonds. The van der Waals surface area contributed by atoms with E-state index in [1.165, 1.54) is 12.8 Å². The topological polar surface area (TPSA) is 41.5 Å². The van der Waals surface area contributed by atoms with Gasteiger partial charge in [0, 0.05) is 19.8 Å². The van der Waals surface area contributed by atoms with Crippen molar-refractivity contribution in [3.8, 4) is 0 Å². The zero-order valence-electron chi connectivity index (χ0n) is 10.6. The zero-order valence-corrected chi connectivity index (χ0v) is 10.6. The third kappa shape index (κ3) is 5.28. The Labute approximate surface area is 99.6 Å². The van der Waals surface area contributed by atoms with E-state index in [-0.39, 0.29) is 0 Å². The van der Waals surface area contributed by atoms with E-state index in [9.17, 15) is 5.11 Å². The summed E-state index contributed by atoms with van der Waals surface area (Å²) in [5.74, 6) is 1.14. The maximum atomic E-state index is 9.41. The molecule has 3 heteroatoms. The third-order valence-electron chi connectivity index (χ3n) is 3.57. The minimum atomic E-state index is 0.333. The summed E-state index contributed by atoms with van der Waals surface area (Å²) >= 11 is 0. The molecule has 0 radical (unpaired) electrons. The van der Waals surface area contributed by atoms with Gasteiger partial charge >= 0.3 is 0 Å². The van der Waals surface area contributed by atoms with E-state index in [0.717, 1.165) is 45.6 Å². The van der Waals surface area contributed by atoms with Crippen LogP contribution in [0.3, 0.4) is 0 Å². The molecule has 3 nitrogen and oxygen atoms in total. The first kappa shape index (κ1) is 13.9. The number of ether oxygens (including phenoxy) is 1. The molecular formula is C13H27NO2. The van der Waals surface area contributed by atoms with Crippen LogP contribution in [0.25, 0.3) is 0 Å². The molecule has 0 aromatic heterocycles. The number of aliphatic hydroxyl groups excluding tert-OH is 1. The molecular weight excluding hydrogens is 202 g/mol. The number of hydrogen-bond donors (Lipinski definition) is 2. The van der Waals surface area contributed by atoms with Gasteiger partial charge in [0.1, 0.15) is 0 Å². The minimum Gasteiger partial charge on any atom is -0.396 e. The summed E-state index contributed by atoms with van der Waals surface area (Å²) in [5.41, 5.74) is 0. The second kappa shape index (κ2) is 8.97. The van der Waals surface area contributed by atoms with Crippen LogP contribution in [0.4, 0.5) is 0 Å². The lowest BCUT2D eigenvalue weighted by Crippen LogP contribution is -2.29. The molecule has 1 unspecified atom stereocenters. The smallest absolute Gasteiger partial charge is 0.0468 e. The number of rotatable bonds is 8. The van der Waals surface area contributed by atoms with Crippen molar-refractivity contribution in [1.82, 2.24) is 5.32 Å². The van der Waals surface area contributed by atoms with E-state index < -0.39 is 0 Å². The first-order valence-electron chi connectivity index (χ1n) is 6.77. The van der Waals surface area contributed by atoms with Gasteiger partial charge in [0.25, 0.3) is 0 Å². The van der Waals surface area contributed by atoms with Gasteiger partial charge < -0.3 is 15.2 Å². The molecule has 0 aromatic rings. The molecule has 1 rings (SSSR count). The van der Waals surface area contributed by atoms with Crippen molar-refractivity contribution in [3.05, 3.63) is 0 Å². The van der Waals surface area contributed by atoms with E-state index >= 15 is 0 Å². The molecule has 0 saturated carbocycles. The molecule has 1 aliphatic heterocycles. The quantitative estimate of drug-likeness (QED) is 0.624. The predicted octanol–water partition coefficient (Wildman–Crippen LogP) is 1.80. The highest BCUT2D eigenvalue weighted by Crippen LogP contribution is 2.25. The van der Waals surface area contributed by atoms with Crippen molar-refractivity contribution < 1.29 is 9.84 Å². The van der Waals surface area contributed by atoms with Crippen LogP contribution in [0.1, 0.15) is 39.0 Å². The van der Waals surface area contributed by atoms with E-state index in [1.54, 1.807) is 0 Å². The standard InChI is InChI=1S/C13H27NO2/c1-2-3-7-14-8-4-13(11-15)12-5-9-16-10-6-12/h12-15H,2-11H2,1H3. The minimum absolute atomic E-state index is 0.333. The van der Waals surface area contributed by atoms with Gasteiger partial charge in [0.05, 0.1) is 0 Å². The Morgan fingerprint density at radius 3 is 2.69 bits per heavy atom. The lowest BCUT2D eigenvalue weighted by atomic mass is 9.84. The molecule has 16 heavy (non-hydrogen) atoms. The molecule has 0 bridgehead atoms. The van der Waals surface area contributed by atoms with Crippen molar-refractivity contribution in [1.29, 1.82) is 0 Å². The van der Waals surface area contributed by atoms with Crippen LogP contribution in [0.15, 0.2) is 0 Å². The van der Waals surface area contributed by atoms with Crippen LogP contribution in [0.2, 0.25) is 0 Å². The fraction of sp³-hybridized carbons (Fsp3) is 1.00. The summed E-state index contributed by atoms with van der Waals surface area (Å²) in [6.45, 7) is 6.46. The highest BCUT2D eigenvalue weighted by Gasteiger charge is 2.22. The van der Waals surface area contributed by atoms with Crippen LogP contribution >= 0.6 is 0 Å². The zero-order chi connectivity index (χ0) is 11.6. The van der Waals surface area contributed by atoms with Crippen molar-refractivity contribution >= 4 is 0 Å². The SMILES string of the molecule is CCCCNCCC(CO)C1CCOCC1. The van der Waals surface area contributed by atoms with E-state index in [0.29, 0.717) is 18.4 Å². The summed E-state index contributed by atoms with van der Waals surface area (Å²) in [7, 11) is 0. The maximum Gasteiger partial charge on any atom is 0.0468 e. The highest BCUT2D eigenvalue weighted by molar-refractivity contribution is 4.73. The molecule has 1 aliphatic rings. The van der Waals surface area contributed by atoms with Crippen LogP contribution in [-0.2, 0) is 4.74 Å². The molecule has 1 heterocycles. The average Bonchev–Trinajstić information content (AvgIpc) is 2.35. The Hall–Kier alpha value is -0.120. The number of hydrogen-bond acceptors (Lipinski definition) is 3. The van der Waals surface area contributed by atoms with Gasteiger partial charge in [0.15, 0.2) is 0 Å². The van der Waals surface area contributed by atoms with Crippen LogP contribution in [-0.4, -0.2) is 38.0 Å². The summed E-state index contributed by atoms with van der Waals surface area (Å²) in [4.78, 5) is 0. The average molecular weight is 229 g/mol.